The van der Waals surface area contributed by atoms with E-state index in [1.807, 2.05) is 23.8 Å². The van der Waals surface area contributed by atoms with Crippen LogP contribution in [0.2, 0.25) is 0 Å². The van der Waals surface area contributed by atoms with Crippen molar-refractivity contribution in [1.82, 2.24) is 14.9 Å². The summed E-state index contributed by atoms with van der Waals surface area (Å²) in [6, 6.07) is 4.42. The summed E-state index contributed by atoms with van der Waals surface area (Å²) < 4.78 is 0. The highest BCUT2D eigenvalue weighted by Gasteiger charge is 2.19. The van der Waals surface area contributed by atoms with Crippen molar-refractivity contribution in [2.75, 3.05) is 13.1 Å². The number of aromatic nitrogens is 2. The Morgan fingerprint density at radius 1 is 1.29 bits per heavy atom. The van der Waals surface area contributed by atoms with E-state index in [1.165, 1.54) is 5.56 Å². The zero-order valence-electron chi connectivity index (χ0n) is 12.8. The van der Waals surface area contributed by atoms with E-state index < -0.39 is 0 Å². The third-order valence-corrected chi connectivity index (χ3v) is 4.67. The summed E-state index contributed by atoms with van der Waals surface area (Å²) in [5, 5.41) is 3.20. The molecule has 21 heavy (non-hydrogen) atoms. The zero-order chi connectivity index (χ0) is 15.1. The molecule has 2 N–H and O–H groups in total. The first-order chi connectivity index (χ1) is 10.2. The normalized spacial score (nSPS) is 12.8. The lowest BCUT2D eigenvalue weighted by Crippen LogP contribution is -2.29. The summed E-state index contributed by atoms with van der Waals surface area (Å²) in [6.45, 7) is 6.97. The van der Waals surface area contributed by atoms with Crippen LogP contribution in [0.25, 0.3) is 0 Å². The van der Waals surface area contributed by atoms with E-state index >= 15 is 0 Å². The summed E-state index contributed by atoms with van der Waals surface area (Å²) in [4.78, 5) is 11.4. The van der Waals surface area contributed by atoms with Gasteiger partial charge in [-0.2, -0.15) is 0 Å². The minimum atomic E-state index is 0.309. The molecule has 2 aromatic rings. The molecule has 114 valence electrons. The van der Waals surface area contributed by atoms with E-state index in [4.69, 9.17) is 5.73 Å². The van der Waals surface area contributed by atoms with Gasteiger partial charge in [-0.25, -0.2) is 4.98 Å². The molecular weight excluding hydrogens is 280 g/mol. The number of hydrogen-bond acceptors (Lipinski definition) is 5. The molecule has 0 aliphatic rings. The number of nitrogens with two attached hydrogens (primary N) is 1. The highest BCUT2D eigenvalue weighted by Crippen LogP contribution is 2.24. The molecule has 0 amide bonds. The Kier molecular flexibility index (Phi) is 6.29. The fourth-order valence-electron chi connectivity index (χ4n) is 2.34. The second-order valence-electron chi connectivity index (χ2n) is 5.28. The van der Waals surface area contributed by atoms with Crippen LogP contribution in [0.1, 0.15) is 42.1 Å². The van der Waals surface area contributed by atoms with Crippen LogP contribution in [0.4, 0.5) is 0 Å². The standard InChI is InChI=1S/C16H24N4S/c1-13-6-5-8-18-15(13)12-20(10-4-3-7-17)14(2)16-19-9-11-21-16/h5-6,8-9,11,14H,3-4,7,10,12,17H2,1-2H3. The van der Waals surface area contributed by atoms with Gasteiger partial charge in [0.25, 0.3) is 0 Å². The van der Waals surface area contributed by atoms with Crippen LogP contribution in [0.5, 0.6) is 0 Å². The summed E-state index contributed by atoms with van der Waals surface area (Å²) in [5.41, 5.74) is 8.01. The van der Waals surface area contributed by atoms with E-state index in [2.05, 4.69) is 34.8 Å². The van der Waals surface area contributed by atoms with Gasteiger partial charge in [0.2, 0.25) is 0 Å². The molecule has 0 saturated carbocycles. The van der Waals surface area contributed by atoms with Crippen molar-refractivity contribution < 1.29 is 0 Å². The highest BCUT2D eigenvalue weighted by atomic mass is 32.1. The van der Waals surface area contributed by atoms with E-state index in [0.717, 1.165) is 43.2 Å². The molecule has 0 aliphatic carbocycles. The predicted octanol–water partition coefficient (Wildman–Crippen LogP) is 3.15. The molecule has 0 radical (unpaired) electrons. The molecule has 0 saturated heterocycles. The largest absolute Gasteiger partial charge is 0.330 e. The van der Waals surface area contributed by atoms with Crippen LogP contribution in [0.15, 0.2) is 29.9 Å². The molecule has 2 aromatic heterocycles. The SMILES string of the molecule is Cc1cccnc1CN(CCCCN)C(C)c1nccs1. The lowest BCUT2D eigenvalue weighted by molar-refractivity contribution is 0.194. The van der Waals surface area contributed by atoms with Crippen LogP contribution in [0.3, 0.4) is 0 Å². The fourth-order valence-corrected chi connectivity index (χ4v) is 3.07. The van der Waals surface area contributed by atoms with Gasteiger partial charge in [0.15, 0.2) is 0 Å². The van der Waals surface area contributed by atoms with Crippen LogP contribution in [0, 0.1) is 6.92 Å². The lowest BCUT2D eigenvalue weighted by atomic mass is 10.1. The summed E-state index contributed by atoms with van der Waals surface area (Å²) in [5.74, 6) is 0. The molecule has 2 heterocycles. The molecule has 0 aromatic carbocycles. The number of hydrogen-bond donors (Lipinski definition) is 1. The van der Waals surface area contributed by atoms with E-state index in [-0.39, 0.29) is 0 Å². The summed E-state index contributed by atoms with van der Waals surface area (Å²) in [6.07, 6.45) is 5.91. The minimum Gasteiger partial charge on any atom is -0.330 e. The quantitative estimate of drug-likeness (QED) is 0.761. The molecule has 4 nitrogen and oxygen atoms in total. The van der Waals surface area contributed by atoms with Crippen LogP contribution in [-0.4, -0.2) is 28.0 Å². The summed E-state index contributed by atoms with van der Waals surface area (Å²) >= 11 is 1.72. The Hall–Kier alpha value is -1.30. The molecule has 1 unspecified atom stereocenters. The maximum atomic E-state index is 5.62. The monoisotopic (exact) mass is 304 g/mol. The van der Waals surface area contributed by atoms with Gasteiger partial charge < -0.3 is 5.73 Å². The van der Waals surface area contributed by atoms with E-state index in [9.17, 15) is 0 Å². The van der Waals surface area contributed by atoms with Crippen molar-refractivity contribution >= 4 is 11.3 Å². The van der Waals surface area contributed by atoms with Gasteiger partial charge in [0.05, 0.1) is 11.7 Å². The van der Waals surface area contributed by atoms with Crippen LogP contribution < -0.4 is 5.73 Å². The van der Waals surface area contributed by atoms with Gasteiger partial charge in [-0.15, -0.1) is 11.3 Å². The van der Waals surface area contributed by atoms with Gasteiger partial charge >= 0.3 is 0 Å². The average Bonchev–Trinajstić information content (AvgIpc) is 3.02. The first-order valence-electron chi connectivity index (χ1n) is 7.46. The maximum Gasteiger partial charge on any atom is 0.109 e. The van der Waals surface area contributed by atoms with Crippen molar-refractivity contribution in [2.45, 2.75) is 39.3 Å². The number of unbranched alkanes of at least 4 members (excludes halogenated alkanes) is 1. The van der Waals surface area contributed by atoms with Gasteiger partial charge in [-0.1, -0.05) is 6.07 Å². The second-order valence-corrected chi connectivity index (χ2v) is 6.21. The molecule has 0 spiro atoms. The van der Waals surface area contributed by atoms with Gasteiger partial charge in [0.1, 0.15) is 5.01 Å². The number of pyridine rings is 1. The maximum absolute atomic E-state index is 5.62. The van der Waals surface area contributed by atoms with Crippen molar-refractivity contribution in [3.8, 4) is 0 Å². The molecule has 5 heteroatoms. The average molecular weight is 304 g/mol. The van der Waals surface area contributed by atoms with E-state index in [0.29, 0.717) is 6.04 Å². The van der Waals surface area contributed by atoms with Gasteiger partial charge in [-0.3, -0.25) is 9.88 Å². The van der Waals surface area contributed by atoms with Gasteiger partial charge in [0, 0.05) is 24.3 Å². The number of aryl methyl sites for hydroxylation is 1. The molecule has 1 atom stereocenters. The molecular formula is C16H24N4S. The van der Waals surface area contributed by atoms with E-state index in [1.54, 1.807) is 11.3 Å². The Morgan fingerprint density at radius 2 is 2.14 bits per heavy atom. The molecule has 0 bridgehead atoms. The van der Waals surface area contributed by atoms with Crippen LogP contribution in [-0.2, 0) is 6.54 Å². The number of thiazole rings is 1. The van der Waals surface area contributed by atoms with Crippen LogP contribution >= 0.6 is 11.3 Å². The first kappa shape index (κ1) is 16.1. The Bertz CT molecular complexity index is 527. The van der Waals surface area contributed by atoms with Crippen molar-refractivity contribution in [3.05, 3.63) is 46.2 Å². The molecule has 0 aliphatic heterocycles. The first-order valence-corrected chi connectivity index (χ1v) is 8.34. The summed E-state index contributed by atoms with van der Waals surface area (Å²) in [7, 11) is 0. The fraction of sp³-hybridized carbons (Fsp3) is 0.500. The third-order valence-electron chi connectivity index (χ3n) is 3.73. The predicted molar refractivity (Wildman–Crippen MR) is 88.2 cm³/mol. The zero-order valence-corrected chi connectivity index (χ0v) is 13.6. The Balaban J connectivity index is 2.10. The molecule has 2 rings (SSSR count). The van der Waals surface area contributed by atoms with Crippen molar-refractivity contribution in [2.24, 2.45) is 5.73 Å². The topological polar surface area (TPSA) is 55.0 Å². The minimum absolute atomic E-state index is 0.309. The third kappa shape index (κ3) is 4.59. The van der Waals surface area contributed by atoms with Gasteiger partial charge in [-0.05, 0) is 51.4 Å². The highest BCUT2D eigenvalue weighted by molar-refractivity contribution is 7.09. The number of nitrogens with zero attached hydrogens (tertiary/aromatic N) is 3. The second kappa shape index (κ2) is 8.22. The molecule has 0 fully saturated rings. The van der Waals surface area contributed by atoms with Crippen molar-refractivity contribution in [3.63, 3.8) is 0 Å². The Morgan fingerprint density at radius 3 is 2.81 bits per heavy atom. The Labute approximate surface area is 131 Å². The smallest absolute Gasteiger partial charge is 0.109 e. The number of rotatable bonds is 8. The van der Waals surface area contributed by atoms with Crippen molar-refractivity contribution in [1.29, 1.82) is 0 Å². The lowest BCUT2D eigenvalue weighted by Gasteiger charge is -2.28.